The largest absolute Gasteiger partial charge is 0.507 e. The Bertz CT molecular complexity index is 328. The molecule has 3 nitrogen and oxygen atoms in total. The van der Waals surface area contributed by atoms with E-state index in [9.17, 15) is 5.11 Å². The monoisotopic (exact) mass is 215 g/mol. The highest BCUT2D eigenvalue weighted by Gasteiger charge is 2.13. The average Bonchev–Trinajstić information content (AvgIpc) is 2.19. The standard InChI is InChI=1S/C10H14ClNO2/c1-6(12-2)9-4-8(11)3-7(5-13)10(9)14/h3-4,6,12-14H,5H2,1-2H3/t6-/m0/s1. The first-order valence-electron chi connectivity index (χ1n) is 4.39. The third kappa shape index (κ3) is 2.18. The lowest BCUT2D eigenvalue weighted by Gasteiger charge is -2.15. The Labute approximate surface area is 88.3 Å². The maximum atomic E-state index is 9.76. The third-order valence-corrected chi connectivity index (χ3v) is 2.47. The van der Waals surface area contributed by atoms with E-state index in [0.717, 1.165) is 0 Å². The van der Waals surface area contributed by atoms with Gasteiger partial charge in [-0.2, -0.15) is 0 Å². The van der Waals surface area contributed by atoms with Gasteiger partial charge in [0.1, 0.15) is 5.75 Å². The zero-order chi connectivity index (χ0) is 10.7. The Kier molecular flexibility index (Phi) is 3.75. The normalized spacial score (nSPS) is 12.9. The van der Waals surface area contributed by atoms with Gasteiger partial charge in [-0.05, 0) is 26.1 Å². The van der Waals surface area contributed by atoms with Crippen molar-refractivity contribution in [3.05, 3.63) is 28.3 Å². The van der Waals surface area contributed by atoms with Gasteiger partial charge >= 0.3 is 0 Å². The number of hydrogen-bond acceptors (Lipinski definition) is 3. The molecule has 3 N–H and O–H groups in total. The number of aliphatic hydroxyl groups excluding tert-OH is 1. The first-order valence-corrected chi connectivity index (χ1v) is 4.77. The van der Waals surface area contributed by atoms with Crippen LogP contribution in [0.1, 0.15) is 24.1 Å². The molecule has 0 spiro atoms. The van der Waals surface area contributed by atoms with Crippen LogP contribution in [-0.4, -0.2) is 17.3 Å². The van der Waals surface area contributed by atoms with Gasteiger partial charge in [0.05, 0.1) is 6.61 Å². The number of benzene rings is 1. The van der Waals surface area contributed by atoms with E-state index in [1.165, 1.54) is 0 Å². The van der Waals surface area contributed by atoms with Gasteiger partial charge in [0.25, 0.3) is 0 Å². The van der Waals surface area contributed by atoms with Gasteiger partial charge in [-0.15, -0.1) is 0 Å². The van der Waals surface area contributed by atoms with Gasteiger partial charge in [-0.3, -0.25) is 0 Å². The summed E-state index contributed by atoms with van der Waals surface area (Å²) in [7, 11) is 1.80. The lowest BCUT2D eigenvalue weighted by atomic mass is 10.0. The third-order valence-electron chi connectivity index (χ3n) is 2.25. The van der Waals surface area contributed by atoms with E-state index in [0.29, 0.717) is 16.1 Å². The predicted molar refractivity (Wildman–Crippen MR) is 56.5 cm³/mol. The van der Waals surface area contributed by atoms with Crippen molar-refractivity contribution in [3.8, 4) is 5.75 Å². The minimum Gasteiger partial charge on any atom is -0.507 e. The molecule has 0 heterocycles. The Hall–Kier alpha value is -0.770. The van der Waals surface area contributed by atoms with Gasteiger partial charge in [0.2, 0.25) is 0 Å². The summed E-state index contributed by atoms with van der Waals surface area (Å²) in [5, 5.41) is 22.3. The molecule has 0 aliphatic carbocycles. The highest BCUT2D eigenvalue weighted by atomic mass is 35.5. The molecule has 0 saturated carbocycles. The minimum absolute atomic E-state index is 0.000926. The molecule has 0 radical (unpaired) electrons. The Morgan fingerprint density at radius 3 is 2.64 bits per heavy atom. The van der Waals surface area contributed by atoms with Gasteiger partial charge in [0.15, 0.2) is 0 Å². The van der Waals surface area contributed by atoms with E-state index in [1.54, 1.807) is 19.2 Å². The number of aromatic hydroxyl groups is 1. The first-order chi connectivity index (χ1) is 6.60. The molecule has 14 heavy (non-hydrogen) atoms. The van der Waals surface area contributed by atoms with E-state index >= 15 is 0 Å². The summed E-state index contributed by atoms with van der Waals surface area (Å²) in [6.07, 6.45) is 0. The summed E-state index contributed by atoms with van der Waals surface area (Å²) in [6, 6.07) is 3.25. The molecule has 4 heteroatoms. The molecule has 0 bridgehead atoms. The SMILES string of the molecule is CN[C@@H](C)c1cc(Cl)cc(CO)c1O. The maximum Gasteiger partial charge on any atom is 0.125 e. The van der Waals surface area contributed by atoms with Gasteiger partial charge in [0, 0.05) is 22.2 Å². The summed E-state index contributed by atoms with van der Waals surface area (Å²) in [6.45, 7) is 1.70. The van der Waals surface area contributed by atoms with E-state index in [2.05, 4.69) is 5.32 Å². The summed E-state index contributed by atoms with van der Waals surface area (Å²) in [4.78, 5) is 0. The molecule has 1 aromatic carbocycles. The molecule has 1 atom stereocenters. The summed E-state index contributed by atoms with van der Waals surface area (Å²) >= 11 is 5.85. The molecular weight excluding hydrogens is 202 g/mol. The van der Waals surface area contributed by atoms with Crippen molar-refractivity contribution in [2.45, 2.75) is 19.6 Å². The zero-order valence-electron chi connectivity index (χ0n) is 8.21. The molecule has 0 aliphatic heterocycles. The molecule has 0 fully saturated rings. The van der Waals surface area contributed by atoms with Crippen molar-refractivity contribution >= 4 is 11.6 Å². The highest BCUT2D eigenvalue weighted by molar-refractivity contribution is 6.30. The Morgan fingerprint density at radius 2 is 2.14 bits per heavy atom. The van der Waals surface area contributed by atoms with Crippen LogP contribution < -0.4 is 5.32 Å². The van der Waals surface area contributed by atoms with Crippen LogP contribution in [-0.2, 0) is 6.61 Å². The van der Waals surface area contributed by atoms with Crippen LogP contribution in [0.3, 0.4) is 0 Å². The van der Waals surface area contributed by atoms with Crippen molar-refractivity contribution in [3.63, 3.8) is 0 Å². The molecule has 0 unspecified atom stereocenters. The minimum atomic E-state index is -0.212. The van der Waals surface area contributed by atoms with Crippen LogP contribution in [0.25, 0.3) is 0 Å². The van der Waals surface area contributed by atoms with E-state index in [1.807, 2.05) is 6.92 Å². The van der Waals surface area contributed by atoms with Crippen LogP contribution in [0.4, 0.5) is 0 Å². The Morgan fingerprint density at radius 1 is 1.50 bits per heavy atom. The maximum absolute atomic E-state index is 9.76. The predicted octanol–water partition coefficient (Wildman–Crippen LogP) is 1.82. The second kappa shape index (κ2) is 4.64. The van der Waals surface area contributed by atoms with Gasteiger partial charge in [-0.25, -0.2) is 0 Å². The van der Waals surface area contributed by atoms with Crippen molar-refractivity contribution in [2.24, 2.45) is 0 Å². The zero-order valence-corrected chi connectivity index (χ0v) is 8.97. The van der Waals surface area contributed by atoms with Gasteiger partial charge < -0.3 is 15.5 Å². The van der Waals surface area contributed by atoms with Crippen LogP contribution in [0.2, 0.25) is 5.02 Å². The fourth-order valence-electron chi connectivity index (χ4n) is 1.28. The van der Waals surface area contributed by atoms with E-state index in [4.69, 9.17) is 16.7 Å². The van der Waals surface area contributed by atoms with Crippen molar-refractivity contribution < 1.29 is 10.2 Å². The molecule has 1 aromatic rings. The number of halogens is 1. The molecule has 0 amide bonds. The van der Waals surface area contributed by atoms with Crippen LogP contribution in [0.15, 0.2) is 12.1 Å². The molecule has 78 valence electrons. The van der Waals surface area contributed by atoms with Crippen LogP contribution >= 0.6 is 11.6 Å². The average molecular weight is 216 g/mol. The fraction of sp³-hybridized carbons (Fsp3) is 0.400. The lowest BCUT2D eigenvalue weighted by Crippen LogP contribution is -2.13. The second-order valence-corrected chi connectivity index (χ2v) is 3.61. The first kappa shape index (κ1) is 11.3. The quantitative estimate of drug-likeness (QED) is 0.721. The summed E-state index contributed by atoms with van der Waals surface area (Å²) in [5.74, 6) is 0.110. The number of aliphatic hydroxyl groups is 1. The van der Waals surface area contributed by atoms with E-state index < -0.39 is 0 Å². The second-order valence-electron chi connectivity index (χ2n) is 3.17. The number of phenols is 1. The summed E-state index contributed by atoms with van der Waals surface area (Å²) in [5.41, 5.74) is 1.15. The molecular formula is C10H14ClNO2. The number of rotatable bonds is 3. The van der Waals surface area contributed by atoms with Crippen molar-refractivity contribution in [1.82, 2.24) is 5.32 Å². The Balaban J connectivity index is 3.21. The van der Waals surface area contributed by atoms with Gasteiger partial charge in [-0.1, -0.05) is 11.6 Å². The molecule has 1 rings (SSSR count). The lowest BCUT2D eigenvalue weighted by molar-refractivity contribution is 0.275. The summed E-state index contributed by atoms with van der Waals surface area (Å²) < 4.78 is 0. The fourth-order valence-corrected chi connectivity index (χ4v) is 1.53. The molecule has 0 saturated heterocycles. The smallest absolute Gasteiger partial charge is 0.125 e. The van der Waals surface area contributed by atoms with Crippen molar-refractivity contribution in [2.75, 3.05) is 7.05 Å². The van der Waals surface area contributed by atoms with E-state index in [-0.39, 0.29) is 18.4 Å². The topological polar surface area (TPSA) is 52.5 Å². The molecule has 0 aliphatic rings. The number of nitrogens with one attached hydrogen (secondary N) is 1. The molecule has 0 aromatic heterocycles. The van der Waals surface area contributed by atoms with Crippen molar-refractivity contribution in [1.29, 1.82) is 0 Å². The number of hydrogen-bond donors (Lipinski definition) is 3. The van der Waals surface area contributed by atoms with Crippen LogP contribution in [0, 0.1) is 0 Å². The van der Waals surface area contributed by atoms with Crippen LogP contribution in [0.5, 0.6) is 5.75 Å². The highest BCUT2D eigenvalue weighted by Crippen LogP contribution is 2.31.